The van der Waals surface area contributed by atoms with E-state index in [4.69, 9.17) is 4.98 Å². The highest BCUT2D eigenvalue weighted by atomic mass is 32.1. The highest BCUT2D eigenvalue weighted by Crippen LogP contribution is 2.33. The van der Waals surface area contributed by atoms with Gasteiger partial charge in [0.2, 0.25) is 0 Å². The van der Waals surface area contributed by atoms with Crippen molar-refractivity contribution in [3.63, 3.8) is 0 Å². The number of hydrogen-bond donors (Lipinski definition) is 2. The van der Waals surface area contributed by atoms with Crippen LogP contribution in [0.1, 0.15) is 12.5 Å². The lowest BCUT2D eigenvalue weighted by molar-refractivity contribution is 0.636. The molecule has 9 heteroatoms. The molecule has 7 nitrogen and oxygen atoms in total. The number of hydrogen-bond acceptors (Lipinski definition) is 5. The van der Waals surface area contributed by atoms with E-state index in [2.05, 4.69) is 36.9 Å². The van der Waals surface area contributed by atoms with Crippen molar-refractivity contribution >= 4 is 51.9 Å². The molecule has 2 N–H and O–H groups in total. The van der Waals surface area contributed by atoms with Gasteiger partial charge in [0.25, 0.3) is 0 Å². The number of nitrogens with zero attached hydrogens (tertiary/aromatic N) is 5. The minimum atomic E-state index is -0.426. The summed E-state index contributed by atoms with van der Waals surface area (Å²) in [6, 6.07) is 7.18. The summed E-state index contributed by atoms with van der Waals surface area (Å²) >= 11 is 1.60. The van der Waals surface area contributed by atoms with Gasteiger partial charge in [-0.05, 0) is 54.4 Å². The van der Waals surface area contributed by atoms with Crippen molar-refractivity contribution in [3.8, 4) is 22.8 Å². The molecule has 0 fully saturated rings. The Hall–Kier alpha value is -3.98. The van der Waals surface area contributed by atoms with Gasteiger partial charge in [-0.15, -0.1) is 0 Å². The van der Waals surface area contributed by atoms with Crippen LogP contribution in [0.25, 0.3) is 50.3 Å². The minimum Gasteiger partial charge on any atom is -0.337 e. The number of imidazole rings is 1. The lowest BCUT2D eigenvalue weighted by Gasteiger charge is -2.02. The quantitative estimate of drug-likeness (QED) is 0.287. The van der Waals surface area contributed by atoms with Crippen molar-refractivity contribution in [2.24, 2.45) is 9.98 Å². The number of fused-ring (bicyclic) bond motifs is 2. The van der Waals surface area contributed by atoms with Crippen LogP contribution in [-0.2, 0) is 0 Å². The SMILES string of the molecule is C=NC=N/C=C(\C)c1cc(F)c2n[nH]c(-c3nc4c(-c5ccsc5)nccc4[nH]3)c2c1. The summed E-state index contributed by atoms with van der Waals surface area (Å²) < 4.78 is 14.8. The molecule has 0 unspecified atom stereocenters. The number of pyridine rings is 1. The number of aliphatic imine (C=N–C) groups is 2. The van der Waals surface area contributed by atoms with Gasteiger partial charge < -0.3 is 4.98 Å². The molecule has 0 bridgehead atoms. The number of rotatable bonds is 5. The van der Waals surface area contributed by atoms with Crippen molar-refractivity contribution < 1.29 is 4.39 Å². The van der Waals surface area contributed by atoms with Gasteiger partial charge in [-0.2, -0.15) is 16.4 Å². The Morgan fingerprint density at radius 1 is 1.26 bits per heavy atom. The highest BCUT2D eigenvalue weighted by Gasteiger charge is 2.18. The van der Waals surface area contributed by atoms with E-state index in [1.807, 2.05) is 35.9 Å². The third-order valence-corrected chi connectivity index (χ3v) is 5.60. The van der Waals surface area contributed by atoms with Crippen molar-refractivity contribution in [1.82, 2.24) is 25.1 Å². The summed E-state index contributed by atoms with van der Waals surface area (Å²) in [5, 5.41) is 11.8. The second-order valence-corrected chi connectivity index (χ2v) is 7.65. The molecule has 0 spiro atoms. The molecule has 152 valence electrons. The van der Waals surface area contributed by atoms with Crippen molar-refractivity contribution in [1.29, 1.82) is 0 Å². The largest absolute Gasteiger partial charge is 0.337 e. The molecule has 0 radical (unpaired) electrons. The molecule has 5 rings (SSSR count). The molecule has 0 aliphatic heterocycles. The van der Waals surface area contributed by atoms with Gasteiger partial charge in [-0.3, -0.25) is 15.1 Å². The van der Waals surface area contributed by atoms with Crippen molar-refractivity contribution in [3.05, 3.63) is 58.8 Å². The van der Waals surface area contributed by atoms with Crippen molar-refractivity contribution in [2.45, 2.75) is 6.92 Å². The summed E-state index contributed by atoms with van der Waals surface area (Å²) in [6.45, 7) is 5.20. The Morgan fingerprint density at radius 2 is 2.16 bits per heavy atom. The maximum Gasteiger partial charge on any atom is 0.157 e. The van der Waals surface area contributed by atoms with Crippen LogP contribution in [0.15, 0.2) is 57.4 Å². The number of nitrogens with one attached hydrogen (secondary N) is 2. The molecule has 0 saturated carbocycles. The van der Waals surface area contributed by atoms with Gasteiger partial charge >= 0.3 is 0 Å². The zero-order valence-corrected chi connectivity index (χ0v) is 17.2. The van der Waals surface area contributed by atoms with Crippen LogP contribution in [0.5, 0.6) is 0 Å². The van der Waals surface area contributed by atoms with Crippen LogP contribution in [-0.4, -0.2) is 38.2 Å². The van der Waals surface area contributed by atoms with Gasteiger partial charge in [0.1, 0.15) is 23.1 Å². The predicted octanol–water partition coefficient (Wildman–Crippen LogP) is 5.46. The molecule has 0 saturated heterocycles. The standard InChI is InChI=1S/C22H16FN7S/c1-12(9-25-11-24-2)14-7-15-19(16(23)8-14)29-30-20(15)22-27-17-3-5-26-18(21(17)28-22)13-4-6-31-10-13/h3-11H,2H2,1H3,(H,27,28)(H,29,30)/b12-9+,25-11?. The summed E-state index contributed by atoms with van der Waals surface area (Å²) in [5.74, 6) is 0.138. The molecule has 31 heavy (non-hydrogen) atoms. The lowest BCUT2D eigenvalue weighted by atomic mass is 10.0. The fourth-order valence-corrected chi connectivity index (χ4v) is 4.06. The number of halogens is 1. The molecule has 0 aliphatic rings. The maximum absolute atomic E-state index is 14.8. The number of allylic oxidation sites excluding steroid dienone is 1. The van der Waals surface area contributed by atoms with E-state index in [0.29, 0.717) is 22.5 Å². The van der Waals surface area contributed by atoms with Gasteiger partial charge in [0.15, 0.2) is 11.6 Å². The fourth-order valence-electron chi connectivity index (χ4n) is 3.41. The first-order chi connectivity index (χ1) is 15.2. The zero-order chi connectivity index (χ0) is 21.4. The molecule has 0 atom stereocenters. The van der Waals surface area contributed by atoms with Gasteiger partial charge in [0, 0.05) is 28.7 Å². The third-order valence-electron chi connectivity index (χ3n) is 4.92. The van der Waals surface area contributed by atoms with Crippen LogP contribution in [0, 0.1) is 5.82 Å². The molecule has 4 heterocycles. The van der Waals surface area contributed by atoms with E-state index in [9.17, 15) is 4.39 Å². The average molecular weight is 429 g/mol. The zero-order valence-electron chi connectivity index (χ0n) is 16.4. The molecule has 0 aliphatic carbocycles. The van der Waals surface area contributed by atoms with Crippen molar-refractivity contribution in [2.75, 3.05) is 0 Å². The number of aromatic nitrogens is 5. The Morgan fingerprint density at radius 3 is 2.97 bits per heavy atom. The summed E-state index contributed by atoms with van der Waals surface area (Å²) in [4.78, 5) is 20.2. The Kier molecular flexibility index (Phi) is 4.72. The highest BCUT2D eigenvalue weighted by molar-refractivity contribution is 7.08. The number of H-pyrrole nitrogens is 2. The molecule has 0 amide bonds. The van der Waals surface area contributed by atoms with Crippen LogP contribution in [0.2, 0.25) is 0 Å². The number of aromatic amines is 2. The van der Waals surface area contributed by atoms with Crippen LogP contribution >= 0.6 is 11.3 Å². The minimum absolute atomic E-state index is 0.249. The fraction of sp³-hybridized carbons (Fsp3) is 0.0455. The van der Waals surface area contributed by atoms with Gasteiger partial charge in [-0.25, -0.2) is 14.4 Å². The van der Waals surface area contributed by atoms with Crippen LogP contribution in [0.3, 0.4) is 0 Å². The Bertz CT molecular complexity index is 1470. The van der Waals surface area contributed by atoms with E-state index in [-0.39, 0.29) is 5.52 Å². The van der Waals surface area contributed by atoms with Crippen LogP contribution in [0.4, 0.5) is 4.39 Å². The molecular formula is C22H16FN7S. The normalized spacial score (nSPS) is 12.4. The van der Waals surface area contributed by atoms with Crippen LogP contribution < -0.4 is 0 Å². The topological polar surface area (TPSA) is 95.0 Å². The average Bonchev–Trinajstić information content (AvgIpc) is 3.51. The van der Waals surface area contributed by atoms with E-state index in [1.165, 1.54) is 12.4 Å². The molecule has 4 aromatic heterocycles. The first kappa shape index (κ1) is 19.0. The monoisotopic (exact) mass is 429 g/mol. The first-order valence-electron chi connectivity index (χ1n) is 9.35. The lowest BCUT2D eigenvalue weighted by Crippen LogP contribution is -1.86. The smallest absolute Gasteiger partial charge is 0.157 e. The van der Waals surface area contributed by atoms with E-state index in [0.717, 1.165) is 27.9 Å². The molecular weight excluding hydrogens is 413 g/mol. The first-order valence-corrected chi connectivity index (χ1v) is 10.3. The second kappa shape index (κ2) is 7.69. The molecule has 1 aromatic carbocycles. The van der Waals surface area contributed by atoms with E-state index in [1.54, 1.807) is 23.7 Å². The third kappa shape index (κ3) is 3.34. The predicted molar refractivity (Wildman–Crippen MR) is 124 cm³/mol. The molecule has 5 aromatic rings. The number of thiophene rings is 1. The number of benzene rings is 1. The van der Waals surface area contributed by atoms with E-state index < -0.39 is 5.82 Å². The second-order valence-electron chi connectivity index (χ2n) is 6.87. The van der Waals surface area contributed by atoms with Gasteiger partial charge in [0.05, 0.1) is 11.2 Å². The Labute approximate surface area is 180 Å². The maximum atomic E-state index is 14.8. The van der Waals surface area contributed by atoms with E-state index >= 15 is 0 Å². The summed E-state index contributed by atoms with van der Waals surface area (Å²) in [5.41, 5.74) is 5.71. The summed E-state index contributed by atoms with van der Waals surface area (Å²) in [6.07, 6.45) is 4.68. The van der Waals surface area contributed by atoms with Gasteiger partial charge in [-0.1, -0.05) is 0 Å². The Balaban J connectivity index is 1.66. The summed E-state index contributed by atoms with van der Waals surface area (Å²) in [7, 11) is 0.